The smallest absolute Gasteiger partial charge is 0.326 e. The molecule has 2 amide bonds. The van der Waals surface area contributed by atoms with Crippen LogP contribution in [0.5, 0.6) is 0 Å². The molecule has 0 bridgehead atoms. The highest BCUT2D eigenvalue weighted by molar-refractivity contribution is 5.83. The lowest BCUT2D eigenvalue weighted by Crippen LogP contribution is -2.47. The number of aliphatic hydroxyl groups is 1. The SMILES string of the molecule is O=C(O)C1CCCN1C(=O)N1CCC(CCO)C1. The van der Waals surface area contributed by atoms with E-state index in [1.807, 2.05) is 0 Å². The second-order valence-corrected chi connectivity index (χ2v) is 5.09. The van der Waals surface area contributed by atoms with Crippen LogP contribution in [0.2, 0.25) is 0 Å². The minimum absolute atomic E-state index is 0.147. The maximum atomic E-state index is 12.2. The lowest BCUT2D eigenvalue weighted by Gasteiger charge is -2.27. The minimum atomic E-state index is -0.910. The van der Waals surface area contributed by atoms with Gasteiger partial charge in [0.1, 0.15) is 6.04 Å². The van der Waals surface area contributed by atoms with Gasteiger partial charge in [0.15, 0.2) is 0 Å². The largest absolute Gasteiger partial charge is 0.480 e. The number of nitrogens with zero attached hydrogens (tertiary/aromatic N) is 2. The number of aliphatic carboxylic acids is 1. The molecule has 0 spiro atoms. The maximum Gasteiger partial charge on any atom is 0.326 e. The second kappa shape index (κ2) is 5.56. The van der Waals surface area contributed by atoms with Crippen molar-refractivity contribution in [2.24, 2.45) is 5.92 Å². The summed E-state index contributed by atoms with van der Waals surface area (Å²) in [6, 6.07) is -0.810. The Kier molecular flexibility index (Phi) is 4.06. The van der Waals surface area contributed by atoms with Crippen molar-refractivity contribution < 1.29 is 19.8 Å². The number of likely N-dealkylation sites (tertiary alicyclic amines) is 2. The van der Waals surface area contributed by atoms with Gasteiger partial charge in [0.2, 0.25) is 0 Å². The molecular weight excluding hydrogens is 236 g/mol. The summed E-state index contributed by atoms with van der Waals surface area (Å²) >= 11 is 0. The van der Waals surface area contributed by atoms with E-state index < -0.39 is 12.0 Å². The zero-order valence-corrected chi connectivity index (χ0v) is 10.4. The molecule has 2 rings (SSSR count). The predicted octanol–water partition coefficient (Wildman–Crippen LogP) is 0.360. The van der Waals surface area contributed by atoms with Gasteiger partial charge in [-0.1, -0.05) is 0 Å². The Morgan fingerprint density at radius 1 is 1.22 bits per heavy atom. The fraction of sp³-hybridized carbons (Fsp3) is 0.833. The number of hydrogen-bond donors (Lipinski definition) is 2. The highest BCUT2D eigenvalue weighted by Gasteiger charge is 2.38. The molecule has 2 fully saturated rings. The third-order valence-electron chi connectivity index (χ3n) is 3.88. The van der Waals surface area contributed by atoms with Crippen LogP contribution in [0, 0.1) is 5.92 Å². The Balaban J connectivity index is 1.93. The number of carbonyl (C=O) groups is 2. The van der Waals surface area contributed by atoms with Crippen LogP contribution in [0.25, 0.3) is 0 Å². The molecule has 2 atom stereocenters. The molecular formula is C12H20N2O4. The number of rotatable bonds is 3. The average molecular weight is 256 g/mol. The number of hydrogen-bond acceptors (Lipinski definition) is 3. The van der Waals surface area contributed by atoms with Crippen molar-refractivity contribution in [3.05, 3.63) is 0 Å². The first kappa shape index (κ1) is 13.1. The monoisotopic (exact) mass is 256 g/mol. The molecule has 2 saturated heterocycles. The molecule has 0 aromatic heterocycles. The summed E-state index contributed by atoms with van der Waals surface area (Å²) < 4.78 is 0. The van der Waals surface area contributed by atoms with Crippen molar-refractivity contribution in [2.75, 3.05) is 26.2 Å². The van der Waals surface area contributed by atoms with E-state index >= 15 is 0 Å². The van der Waals surface area contributed by atoms with E-state index in [9.17, 15) is 9.59 Å². The summed E-state index contributed by atoms with van der Waals surface area (Å²) in [4.78, 5) is 26.5. The van der Waals surface area contributed by atoms with Crippen molar-refractivity contribution in [2.45, 2.75) is 31.7 Å². The summed E-state index contributed by atoms with van der Waals surface area (Å²) in [5.74, 6) is -0.559. The third kappa shape index (κ3) is 2.58. The molecule has 2 unspecified atom stereocenters. The van der Waals surface area contributed by atoms with Crippen LogP contribution < -0.4 is 0 Å². The summed E-state index contributed by atoms with van der Waals surface area (Å²) in [7, 11) is 0. The second-order valence-electron chi connectivity index (χ2n) is 5.09. The number of amides is 2. The summed E-state index contributed by atoms with van der Waals surface area (Å²) in [6.45, 7) is 2.00. The van der Waals surface area contributed by atoms with Crippen LogP contribution in [-0.2, 0) is 4.79 Å². The predicted molar refractivity (Wildman–Crippen MR) is 64.1 cm³/mol. The van der Waals surface area contributed by atoms with Crippen molar-refractivity contribution in [1.29, 1.82) is 0 Å². The van der Waals surface area contributed by atoms with Crippen LogP contribution in [0.15, 0.2) is 0 Å². The van der Waals surface area contributed by atoms with Crippen molar-refractivity contribution >= 4 is 12.0 Å². The topological polar surface area (TPSA) is 81.1 Å². The first-order chi connectivity index (χ1) is 8.63. The maximum absolute atomic E-state index is 12.2. The standard InChI is InChI=1S/C12H20N2O4/c15-7-4-9-3-6-13(8-9)12(18)14-5-1-2-10(14)11(16)17/h9-10,15H,1-8H2,(H,16,17). The zero-order chi connectivity index (χ0) is 13.1. The van der Waals surface area contributed by atoms with Crippen LogP contribution in [0.3, 0.4) is 0 Å². The Bertz CT molecular complexity index is 334. The molecule has 0 aromatic carbocycles. The lowest BCUT2D eigenvalue weighted by atomic mass is 10.1. The van der Waals surface area contributed by atoms with Gasteiger partial charge in [0, 0.05) is 26.2 Å². The van der Waals surface area contributed by atoms with Crippen molar-refractivity contribution in [3.63, 3.8) is 0 Å². The van der Waals surface area contributed by atoms with Gasteiger partial charge in [0.25, 0.3) is 0 Å². The van der Waals surface area contributed by atoms with E-state index in [0.717, 1.165) is 12.8 Å². The van der Waals surface area contributed by atoms with Crippen LogP contribution in [-0.4, -0.2) is 64.3 Å². The van der Waals surface area contributed by atoms with Gasteiger partial charge in [-0.15, -0.1) is 0 Å². The Hall–Kier alpha value is -1.30. The first-order valence-corrected chi connectivity index (χ1v) is 6.52. The number of carbonyl (C=O) groups excluding carboxylic acids is 1. The lowest BCUT2D eigenvalue weighted by molar-refractivity contribution is -0.141. The number of aliphatic hydroxyl groups excluding tert-OH is 1. The van der Waals surface area contributed by atoms with E-state index in [2.05, 4.69) is 0 Å². The number of carboxylic acid groups (broad SMARTS) is 1. The van der Waals surface area contributed by atoms with E-state index in [-0.39, 0.29) is 12.6 Å². The molecule has 0 aliphatic carbocycles. The van der Waals surface area contributed by atoms with E-state index in [0.29, 0.717) is 38.4 Å². The van der Waals surface area contributed by atoms with Gasteiger partial charge in [-0.25, -0.2) is 9.59 Å². The molecule has 2 N–H and O–H groups in total. The molecule has 0 radical (unpaired) electrons. The molecule has 6 heteroatoms. The summed E-state index contributed by atoms with van der Waals surface area (Å²) in [6.07, 6.45) is 2.93. The van der Waals surface area contributed by atoms with E-state index in [4.69, 9.17) is 10.2 Å². The highest BCUT2D eigenvalue weighted by Crippen LogP contribution is 2.24. The Morgan fingerprint density at radius 2 is 2.00 bits per heavy atom. The van der Waals surface area contributed by atoms with Gasteiger partial charge in [0.05, 0.1) is 0 Å². The van der Waals surface area contributed by atoms with Crippen LogP contribution in [0.4, 0.5) is 4.79 Å². The summed E-state index contributed by atoms with van der Waals surface area (Å²) in [5.41, 5.74) is 0. The molecule has 0 saturated carbocycles. The summed E-state index contributed by atoms with van der Waals surface area (Å²) in [5, 5.41) is 18.0. The number of urea groups is 1. The molecule has 2 aliphatic heterocycles. The van der Waals surface area contributed by atoms with Crippen LogP contribution in [0.1, 0.15) is 25.7 Å². The third-order valence-corrected chi connectivity index (χ3v) is 3.88. The molecule has 18 heavy (non-hydrogen) atoms. The average Bonchev–Trinajstić information content (AvgIpc) is 2.96. The van der Waals surface area contributed by atoms with Crippen LogP contribution >= 0.6 is 0 Å². The van der Waals surface area contributed by atoms with Gasteiger partial charge >= 0.3 is 12.0 Å². The van der Waals surface area contributed by atoms with Gasteiger partial charge in [-0.05, 0) is 31.6 Å². The zero-order valence-electron chi connectivity index (χ0n) is 10.4. The normalized spacial score (nSPS) is 27.8. The van der Waals surface area contributed by atoms with Crippen molar-refractivity contribution in [3.8, 4) is 0 Å². The van der Waals surface area contributed by atoms with Crippen molar-refractivity contribution in [1.82, 2.24) is 9.80 Å². The first-order valence-electron chi connectivity index (χ1n) is 6.52. The quantitative estimate of drug-likeness (QED) is 0.764. The van der Waals surface area contributed by atoms with Gasteiger partial charge in [-0.3, -0.25) is 0 Å². The fourth-order valence-corrected chi connectivity index (χ4v) is 2.86. The van der Waals surface area contributed by atoms with E-state index in [1.165, 1.54) is 4.90 Å². The number of carboxylic acids is 1. The Labute approximate surface area is 106 Å². The minimum Gasteiger partial charge on any atom is -0.480 e. The molecule has 2 heterocycles. The molecule has 2 aliphatic rings. The fourth-order valence-electron chi connectivity index (χ4n) is 2.86. The highest BCUT2D eigenvalue weighted by atomic mass is 16.4. The Morgan fingerprint density at radius 3 is 2.67 bits per heavy atom. The van der Waals surface area contributed by atoms with E-state index in [1.54, 1.807) is 4.90 Å². The van der Waals surface area contributed by atoms with Gasteiger partial charge < -0.3 is 20.0 Å². The molecule has 102 valence electrons. The molecule has 6 nitrogen and oxygen atoms in total. The van der Waals surface area contributed by atoms with Gasteiger partial charge in [-0.2, -0.15) is 0 Å². The molecule has 0 aromatic rings.